The number of halogens is 3. The van der Waals surface area contributed by atoms with Crippen molar-refractivity contribution in [2.75, 3.05) is 0 Å². The first-order valence-corrected chi connectivity index (χ1v) is 8.00. The van der Waals surface area contributed by atoms with Crippen molar-refractivity contribution in [3.8, 4) is 0 Å². The lowest BCUT2D eigenvalue weighted by atomic mass is 9.95. The van der Waals surface area contributed by atoms with Crippen LogP contribution in [0, 0.1) is 0 Å². The largest absolute Gasteiger partial charge is 0.479 e. The van der Waals surface area contributed by atoms with Gasteiger partial charge in [0.2, 0.25) is 5.91 Å². The Morgan fingerprint density at radius 3 is 2.22 bits per heavy atom. The number of carboxylic acid groups (broad SMARTS) is 1. The number of aliphatic carboxylic acids is 1. The van der Waals surface area contributed by atoms with E-state index in [1.165, 1.54) is 0 Å². The maximum absolute atomic E-state index is 12.8. The van der Waals surface area contributed by atoms with Gasteiger partial charge in [0.25, 0.3) is 5.56 Å². The molecule has 0 fully saturated rings. The fraction of sp³-hybridized carbons (Fsp3) is 0.278. The summed E-state index contributed by atoms with van der Waals surface area (Å²) in [6.45, 7) is -0.714. The number of amides is 1. The minimum Gasteiger partial charge on any atom is -0.479 e. The summed E-state index contributed by atoms with van der Waals surface area (Å²) in [5.74, 6) is -2.10. The Hall–Kier alpha value is -3.10. The summed E-state index contributed by atoms with van der Waals surface area (Å²) >= 11 is 0. The van der Waals surface area contributed by atoms with E-state index in [9.17, 15) is 32.7 Å². The van der Waals surface area contributed by atoms with Crippen LogP contribution in [0.4, 0.5) is 13.2 Å². The van der Waals surface area contributed by atoms with Crippen LogP contribution in [-0.4, -0.2) is 27.1 Å². The minimum absolute atomic E-state index is 0.0573. The minimum atomic E-state index is -4.67. The molecule has 0 aliphatic heterocycles. The van der Waals surface area contributed by atoms with Crippen molar-refractivity contribution in [1.82, 2.24) is 9.88 Å². The molecule has 27 heavy (non-hydrogen) atoms. The quantitative estimate of drug-likeness (QED) is 0.844. The molecule has 9 heteroatoms. The van der Waals surface area contributed by atoms with Gasteiger partial charge in [-0.25, -0.2) is 4.79 Å². The third-order valence-electron chi connectivity index (χ3n) is 4.52. The molecule has 1 amide bonds. The van der Waals surface area contributed by atoms with Gasteiger partial charge in [0.05, 0.1) is 5.56 Å². The monoisotopic (exact) mass is 380 g/mol. The van der Waals surface area contributed by atoms with Gasteiger partial charge in [0.1, 0.15) is 12.1 Å². The summed E-state index contributed by atoms with van der Waals surface area (Å²) < 4.78 is 39.0. The van der Waals surface area contributed by atoms with Gasteiger partial charge in [-0.3, -0.25) is 9.59 Å². The van der Waals surface area contributed by atoms with Gasteiger partial charge in [0, 0.05) is 25.1 Å². The number of hydrogen-bond acceptors (Lipinski definition) is 3. The number of alkyl halides is 3. The maximum atomic E-state index is 12.8. The van der Waals surface area contributed by atoms with Crippen LogP contribution in [0.1, 0.15) is 16.7 Å². The van der Waals surface area contributed by atoms with Gasteiger partial charge in [0.15, 0.2) is 0 Å². The van der Waals surface area contributed by atoms with Crippen molar-refractivity contribution in [2.45, 2.75) is 31.1 Å². The fourth-order valence-electron chi connectivity index (χ4n) is 3.19. The van der Waals surface area contributed by atoms with Crippen molar-refractivity contribution in [1.29, 1.82) is 0 Å². The third-order valence-corrected chi connectivity index (χ3v) is 4.52. The van der Waals surface area contributed by atoms with Gasteiger partial charge >= 0.3 is 12.1 Å². The number of aromatic nitrogens is 1. The highest BCUT2D eigenvalue weighted by Gasteiger charge is 2.45. The Balaban J connectivity index is 1.81. The topological polar surface area (TPSA) is 88.4 Å². The first kappa shape index (κ1) is 18.7. The van der Waals surface area contributed by atoms with E-state index in [1.807, 2.05) is 0 Å². The van der Waals surface area contributed by atoms with Crippen molar-refractivity contribution in [3.63, 3.8) is 0 Å². The second kappa shape index (κ2) is 6.57. The van der Waals surface area contributed by atoms with Crippen molar-refractivity contribution in [3.05, 3.63) is 69.6 Å². The first-order chi connectivity index (χ1) is 12.6. The maximum Gasteiger partial charge on any atom is 0.417 e. The van der Waals surface area contributed by atoms with Crippen LogP contribution in [0.3, 0.4) is 0 Å². The number of hydrogen-bond donors (Lipinski definition) is 2. The molecule has 0 saturated heterocycles. The van der Waals surface area contributed by atoms with Crippen LogP contribution in [0.2, 0.25) is 0 Å². The number of carbonyl (C=O) groups excluding carboxylic acids is 1. The molecule has 1 aromatic heterocycles. The Bertz CT molecular complexity index is 941. The predicted molar refractivity (Wildman–Crippen MR) is 88.1 cm³/mol. The lowest BCUT2D eigenvalue weighted by Crippen LogP contribution is -2.56. The standard InChI is InChI=1S/C18H15F3N2O4/c19-18(20,21)13-5-6-15(25)23(9-13)10-14(24)22-17(16(26)27)7-11-3-1-2-4-12(11)8-17/h1-6,9H,7-8,10H2,(H,22,24)(H,26,27). The lowest BCUT2D eigenvalue weighted by Gasteiger charge is -2.25. The third kappa shape index (κ3) is 3.71. The average Bonchev–Trinajstić information content (AvgIpc) is 2.95. The van der Waals surface area contributed by atoms with Gasteiger partial charge in [-0.05, 0) is 17.2 Å². The van der Waals surface area contributed by atoms with Crippen LogP contribution >= 0.6 is 0 Å². The lowest BCUT2D eigenvalue weighted by molar-refractivity contribution is -0.147. The Morgan fingerprint density at radius 2 is 1.70 bits per heavy atom. The summed E-state index contributed by atoms with van der Waals surface area (Å²) in [7, 11) is 0. The second-order valence-corrected chi connectivity index (χ2v) is 6.44. The van der Waals surface area contributed by atoms with Crippen LogP contribution < -0.4 is 10.9 Å². The molecule has 3 rings (SSSR count). The number of carbonyl (C=O) groups is 2. The molecular formula is C18H15F3N2O4. The molecule has 0 spiro atoms. The van der Waals surface area contributed by atoms with Gasteiger partial charge in [-0.1, -0.05) is 24.3 Å². The molecule has 1 aromatic carbocycles. The molecule has 0 unspecified atom stereocenters. The highest BCUT2D eigenvalue weighted by molar-refractivity contribution is 5.88. The summed E-state index contributed by atoms with van der Waals surface area (Å²) in [4.78, 5) is 35.9. The molecule has 1 aliphatic carbocycles. The molecule has 0 radical (unpaired) electrons. The predicted octanol–water partition coefficient (Wildman–Crippen LogP) is 1.61. The number of carboxylic acids is 1. The Labute approximate surface area is 151 Å². The van der Waals surface area contributed by atoms with Crippen molar-refractivity contribution in [2.24, 2.45) is 0 Å². The van der Waals surface area contributed by atoms with Gasteiger partial charge in [-0.2, -0.15) is 13.2 Å². The molecule has 1 heterocycles. The smallest absolute Gasteiger partial charge is 0.417 e. The fourth-order valence-corrected chi connectivity index (χ4v) is 3.19. The van der Waals surface area contributed by atoms with E-state index < -0.39 is 41.3 Å². The summed E-state index contributed by atoms with van der Waals surface area (Å²) in [5.41, 5.74) is -1.91. The first-order valence-electron chi connectivity index (χ1n) is 8.00. The number of rotatable bonds is 4. The Morgan fingerprint density at radius 1 is 1.11 bits per heavy atom. The van der Waals surface area contributed by atoms with Crippen molar-refractivity contribution >= 4 is 11.9 Å². The zero-order chi connectivity index (χ0) is 19.8. The van der Waals surface area contributed by atoms with E-state index >= 15 is 0 Å². The van der Waals surface area contributed by atoms with Crippen molar-refractivity contribution < 1.29 is 27.9 Å². The molecule has 0 saturated carbocycles. The Kier molecular flexibility index (Phi) is 4.54. The van der Waals surface area contributed by atoms with Gasteiger partial charge < -0.3 is 15.0 Å². The average molecular weight is 380 g/mol. The molecule has 6 nitrogen and oxygen atoms in total. The summed E-state index contributed by atoms with van der Waals surface area (Å²) in [6.07, 6.45) is -4.01. The molecule has 0 atom stereocenters. The van der Waals surface area contributed by atoms with E-state index in [4.69, 9.17) is 0 Å². The van der Waals surface area contributed by atoms with E-state index in [-0.39, 0.29) is 12.8 Å². The zero-order valence-corrected chi connectivity index (χ0v) is 13.9. The number of nitrogens with one attached hydrogen (secondary N) is 1. The molecule has 0 bridgehead atoms. The summed E-state index contributed by atoms with van der Waals surface area (Å²) in [5, 5.41) is 12.0. The number of fused-ring (bicyclic) bond motifs is 1. The van der Waals surface area contributed by atoms with E-state index in [0.717, 1.165) is 11.1 Å². The van der Waals surface area contributed by atoms with Crippen LogP contribution in [0.5, 0.6) is 0 Å². The SMILES string of the molecule is O=C(Cn1cc(C(F)(F)F)ccc1=O)NC1(C(=O)O)Cc2ccccc2C1. The molecular weight excluding hydrogens is 365 g/mol. The van der Waals surface area contributed by atoms with E-state index in [2.05, 4.69) is 5.32 Å². The normalized spacial score (nSPS) is 15.2. The summed E-state index contributed by atoms with van der Waals surface area (Å²) in [6, 6.07) is 8.35. The molecule has 2 aromatic rings. The number of benzene rings is 1. The highest BCUT2D eigenvalue weighted by atomic mass is 19.4. The molecule has 142 valence electrons. The van der Waals surface area contributed by atoms with E-state index in [1.54, 1.807) is 24.3 Å². The number of pyridine rings is 1. The highest BCUT2D eigenvalue weighted by Crippen LogP contribution is 2.30. The molecule has 1 aliphatic rings. The van der Waals surface area contributed by atoms with E-state index in [0.29, 0.717) is 22.9 Å². The van der Waals surface area contributed by atoms with Crippen LogP contribution in [0.15, 0.2) is 47.4 Å². The zero-order valence-electron chi connectivity index (χ0n) is 13.9. The van der Waals surface area contributed by atoms with Crippen LogP contribution in [-0.2, 0) is 35.2 Å². The van der Waals surface area contributed by atoms with Gasteiger partial charge in [-0.15, -0.1) is 0 Å². The van der Waals surface area contributed by atoms with Crippen LogP contribution in [0.25, 0.3) is 0 Å². The second-order valence-electron chi connectivity index (χ2n) is 6.44. The number of nitrogens with zero attached hydrogens (tertiary/aromatic N) is 1. The molecule has 2 N–H and O–H groups in total.